The third kappa shape index (κ3) is 6.04. The van der Waals surface area contributed by atoms with E-state index in [1.807, 2.05) is 60.7 Å². The second-order valence-corrected chi connectivity index (χ2v) is 9.27. The molecule has 8 heteroatoms. The molecule has 1 heterocycles. The molecule has 0 saturated carbocycles. The van der Waals surface area contributed by atoms with Gasteiger partial charge in [0, 0.05) is 29.8 Å². The standard InChI is InChI=1S/C26H20ClF3N2OS/c27-23-12-11-17(14-22(23)26(28,29)30)13-20-16-31-25(34-20)32-24(33)15-21(18-7-3-1-4-8-18)19-9-5-2-6-10-19/h1-12,14,16,21H,13,15H2,(H,31,32,33). The number of rotatable bonds is 7. The van der Waals surface area contributed by atoms with Crippen LogP contribution >= 0.6 is 22.9 Å². The minimum atomic E-state index is -4.52. The van der Waals surface area contributed by atoms with E-state index in [1.165, 1.54) is 17.4 Å². The van der Waals surface area contributed by atoms with Crippen LogP contribution in [0, 0.1) is 0 Å². The van der Waals surface area contributed by atoms with Gasteiger partial charge in [-0.2, -0.15) is 13.2 Å². The lowest BCUT2D eigenvalue weighted by Crippen LogP contribution is -2.16. The normalized spacial score (nSPS) is 11.6. The molecule has 1 N–H and O–H groups in total. The van der Waals surface area contributed by atoms with Gasteiger partial charge in [-0.3, -0.25) is 4.79 Å². The van der Waals surface area contributed by atoms with Crippen LogP contribution in [0.25, 0.3) is 0 Å². The van der Waals surface area contributed by atoms with E-state index >= 15 is 0 Å². The Morgan fingerprint density at radius 2 is 1.59 bits per heavy atom. The van der Waals surface area contributed by atoms with E-state index in [1.54, 1.807) is 12.3 Å². The number of nitrogens with zero attached hydrogens (tertiary/aromatic N) is 1. The fourth-order valence-corrected chi connectivity index (χ4v) is 4.79. The maximum absolute atomic E-state index is 13.1. The first kappa shape index (κ1) is 24.0. The topological polar surface area (TPSA) is 42.0 Å². The van der Waals surface area contributed by atoms with Crippen molar-refractivity contribution in [2.24, 2.45) is 0 Å². The van der Waals surface area contributed by atoms with Crippen molar-refractivity contribution in [2.45, 2.75) is 24.9 Å². The van der Waals surface area contributed by atoms with Crippen molar-refractivity contribution in [3.05, 3.63) is 117 Å². The number of anilines is 1. The number of halogens is 4. The van der Waals surface area contributed by atoms with Crippen LogP contribution in [0.5, 0.6) is 0 Å². The summed E-state index contributed by atoms with van der Waals surface area (Å²) in [5.74, 6) is -0.304. The van der Waals surface area contributed by atoms with Crippen molar-refractivity contribution < 1.29 is 18.0 Å². The monoisotopic (exact) mass is 500 g/mol. The molecular weight excluding hydrogens is 481 g/mol. The fourth-order valence-electron chi connectivity index (χ4n) is 3.70. The van der Waals surface area contributed by atoms with Crippen molar-refractivity contribution in [2.75, 3.05) is 5.32 Å². The maximum atomic E-state index is 13.1. The zero-order chi connectivity index (χ0) is 24.1. The molecule has 34 heavy (non-hydrogen) atoms. The maximum Gasteiger partial charge on any atom is 0.417 e. The lowest BCUT2D eigenvalue weighted by Gasteiger charge is -2.17. The molecule has 0 saturated heterocycles. The molecule has 1 amide bonds. The van der Waals surface area contributed by atoms with Crippen LogP contribution in [0.2, 0.25) is 5.02 Å². The Morgan fingerprint density at radius 3 is 2.18 bits per heavy atom. The molecule has 4 aromatic rings. The average Bonchev–Trinajstić information content (AvgIpc) is 3.25. The van der Waals surface area contributed by atoms with Crippen molar-refractivity contribution in [1.82, 2.24) is 4.98 Å². The molecule has 0 radical (unpaired) electrons. The smallest absolute Gasteiger partial charge is 0.302 e. The van der Waals surface area contributed by atoms with Crippen molar-refractivity contribution in [1.29, 1.82) is 0 Å². The number of hydrogen-bond acceptors (Lipinski definition) is 3. The highest BCUT2D eigenvalue weighted by Crippen LogP contribution is 2.36. The zero-order valence-corrected chi connectivity index (χ0v) is 19.4. The van der Waals surface area contributed by atoms with Crippen molar-refractivity contribution in [3.8, 4) is 0 Å². The molecule has 0 atom stereocenters. The second-order valence-electron chi connectivity index (χ2n) is 7.75. The van der Waals surface area contributed by atoms with Crippen LogP contribution in [0.15, 0.2) is 85.1 Å². The third-order valence-electron chi connectivity index (χ3n) is 5.31. The lowest BCUT2D eigenvalue weighted by atomic mass is 9.88. The van der Waals surface area contributed by atoms with Gasteiger partial charge in [-0.15, -0.1) is 11.3 Å². The van der Waals surface area contributed by atoms with E-state index < -0.39 is 11.7 Å². The average molecular weight is 501 g/mol. The number of hydrogen-bond donors (Lipinski definition) is 1. The minimum Gasteiger partial charge on any atom is -0.302 e. The Labute approximate surface area is 204 Å². The first-order valence-electron chi connectivity index (χ1n) is 10.5. The Balaban J connectivity index is 1.45. The first-order chi connectivity index (χ1) is 16.3. The van der Waals surface area contributed by atoms with Crippen LogP contribution in [-0.2, 0) is 17.4 Å². The van der Waals surface area contributed by atoms with Gasteiger partial charge in [0.05, 0.1) is 10.6 Å². The molecule has 1 aromatic heterocycles. The van der Waals surface area contributed by atoms with Gasteiger partial charge in [0.1, 0.15) is 0 Å². The molecule has 174 valence electrons. The SMILES string of the molecule is O=C(CC(c1ccccc1)c1ccccc1)Nc1ncc(Cc2ccc(Cl)c(C(F)(F)F)c2)s1. The zero-order valence-electron chi connectivity index (χ0n) is 17.9. The van der Waals surface area contributed by atoms with Gasteiger partial charge in [0.15, 0.2) is 5.13 Å². The van der Waals surface area contributed by atoms with E-state index in [2.05, 4.69) is 10.3 Å². The Bertz CT molecular complexity index is 1220. The number of nitrogens with one attached hydrogen (secondary N) is 1. The van der Waals surface area contributed by atoms with E-state index in [4.69, 9.17) is 11.6 Å². The molecule has 0 fully saturated rings. The van der Waals surface area contributed by atoms with Gasteiger partial charge in [0.2, 0.25) is 5.91 Å². The van der Waals surface area contributed by atoms with Crippen LogP contribution in [0.3, 0.4) is 0 Å². The molecule has 0 spiro atoms. The van der Waals surface area contributed by atoms with Crippen LogP contribution in [-0.4, -0.2) is 10.9 Å². The highest BCUT2D eigenvalue weighted by molar-refractivity contribution is 7.15. The molecule has 0 aliphatic carbocycles. The lowest BCUT2D eigenvalue weighted by molar-refractivity contribution is -0.137. The highest BCUT2D eigenvalue weighted by Gasteiger charge is 2.33. The summed E-state index contributed by atoms with van der Waals surface area (Å²) >= 11 is 6.93. The molecule has 0 aliphatic rings. The van der Waals surface area contributed by atoms with Crippen LogP contribution < -0.4 is 5.32 Å². The van der Waals surface area contributed by atoms with Crippen molar-refractivity contribution >= 4 is 34.0 Å². The second kappa shape index (κ2) is 10.4. The van der Waals surface area contributed by atoms with Crippen LogP contribution in [0.4, 0.5) is 18.3 Å². The minimum absolute atomic E-state index is 0.114. The largest absolute Gasteiger partial charge is 0.417 e. The highest BCUT2D eigenvalue weighted by atomic mass is 35.5. The Kier molecular flexibility index (Phi) is 7.34. The quantitative estimate of drug-likeness (QED) is 0.284. The summed E-state index contributed by atoms with van der Waals surface area (Å²) in [5, 5.41) is 2.90. The summed E-state index contributed by atoms with van der Waals surface area (Å²) in [6.45, 7) is 0. The molecule has 4 rings (SSSR count). The first-order valence-corrected chi connectivity index (χ1v) is 11.7. The van der Waals surface area contributed by atoms with Gasteiger partial charge >= 0.3 is 6.18 Å². The summed E-state index contributed by atoms with van der Waals surface area (Å²) in [4.78, 5) is 17.8. The summed E-state index contributed by atoms with van der Waals surface area (Å²) in [5.41, 5.74) is 1.67. The predicted octanol–water partition coefficient (Wildman–Crippen LogP) is 7.57. The number of thiazole rings is 1. The molecular formula is C26H20ClF3N2OS. The summed E-state index contributed by atoms with van der Waals surface area (Å²) in [7, 11) is 0. The van der Waals surface area contributed by atoms with Gasteiger partial charge in [0.25, 0.3) is 0 Å². The molecule has 3 nitrogen and oxygen atoms in total. The van der Waals surface area contributed by atoms with Crippen LogP contribution in [0.1, 0.15) is 39.5 Å². The molecule has 3 aromatic carbocycles. The van der Waals surface area contributed by atoms with Gasteiger partial charge in [-0.25, -0.2) is 4.98 Å². The number of amides is 1. The third-order valence-corrected chi connectivity index (χ3v) is 6.55. The Morgan fingerprint density at radius 1 is 0.971 bits per heavy atom. The summed E-state index contributed by atoms with van der Waals surface area (Å²) in [6, 6.07) is 23.5. The molecule has 0 bridgehead atoms. The van der Waals surface area contributed by atoms with E-state index in [9.17, 15) is 18.0 Å². The molecule has 0 aliphatic heterocycles. The van der Waals surface area contributed by atoms with Gasteiger partial charge < -0.3 is 5.32 Å². The van der Waals surface area contributed by atoms with Crippen molar-refractivity contribution in [3.63, 3.8) is 0 Å². The van der Waals surface area contributed by atoms with Gasteiger partial charge in [-0.1, -0.05) is 78.3 Å². The number of carbonyl (C=O) groups is 1. The molecule has 0 unspecified atom stereocenters. The number of carbonyl (C=O) groups excluding carboxylic acids is 1. The number of aromatic nitrogens is 1. The summed E-state index contributed by atoms with van der Waals surface area (Å²) in [6.07, 6.45) is -2.47. The summed E-state index contributed by atoms with van der Waals surface area (Å²) < 4.78 is 39.4. The number of alkyl halides is 3. The fraction of sp³-hybridized carbons (Fsp3) is 0.154. The van der Waals surface area contributed by atoms with E-state index in [0.29, 0.717) is 10.7 Å². The van der Waals surface area contributed by atoms with Gasteiger partial charge in [-0.05, 0) is 28.8 Å². The number of benzene rings is 3. The van der Waals surface area contributed by atoms with E-state index in [-0.39, 0.29) is 29.7 Å². The Hall–Kier alpha value is -3.16. The predicted molar refractivity (Wildman–Crippen MR) is 129 cm³/mol. The van der Waals surface area contributed by atoms with E-state index in [0.717, 1.165) is 22.1 Å².